The molecule has 0 saturated carbocycles. The summed E-state index contributed by atoms with van der Waals surface area (Å²) in [5, 5.41) is 16.0. The molecule has 0 aromatic carbocycles. The van der Waals surface area contributed by atoms with Gasteiger partial charge in [-0.25, -0.2) is 0 Å². The molecule has 88 valence electrons. The lowest BCUT2D eigenvalue weighted by Gasteiger charge is -2.07. The standard InChI is InChI=1S/C8H18O.C3H8O2/c1-7(2)5-9-6-8(3)4;1-3(5)2-4/h7-8H,5-6H2,1-4H3;3-5H,2H2,1H3. The molecule has 0 aromatic rings. The Morgan fingerprint density at radius 1 is 0.929 bits per heavy atom. The van der Waals surface area contributed by atoms with E-state index in [1.54, 1.807) is 0 Å². The van der Waals surface area contributed by atoms with Gasteiger partial charge < -0.3 is 14.9 Å². The second-order valence-corrected chi connectivity index (χ2v) is 4.36. The fourth-order valence-corrected chi connectivity index (χ4v) is 0.539. The Balaban J connectivity index is 0. The summed E-state index contributed by atoms with van der Waals surface area (Å²) in [6, 6.07) is 0. The minimum Gasteiger partial charge on any atom is -0.394 e. The molecule has 0 fully saturated rings. The monoisotopic (exact) mass is 206 g/mol. The van der Waals surface area contributed by atoms with Crippen molar-refractivity contribution in [1.82, 2.24) is 0 Å². The minimum atomic E-state index is -0.560. The summed E-state index contributed by atoms with van der Waals surface area (Å²) in [5.41, 5.74) is 0. The molecule has 0 aliphatic rings. The van der Waals surface area contributed by atoms with E-state index in [1.165, 1.54) is 6.92 Å². The maximum Gasteiger partial charge on any atom is 0.0742 e. The molecule has 1 unspecified atom stereocenters. The average Bonchev–Trinajstić information content (AvgIpc) is 2.04. The van der Waals surface area contributed by atoms with Gasteiger partial charge in [0.1, 0.15) is 0 Å². The molecule has 0 amide bonds. The van der Waals surface area contributed by atoms with Crippen LogP contribution in [0.1, 0.15) is 34.6 Å². The van der Waals surface area contributed by atoms with Crippen LogP contribution in [0, 0.1) is 11.8 Å². The first-order valence-corrected chi connectivity index (χ1v) is 5.26. The molecule has 0 aliphatic heterocycles. The van der Waals surface area contributed by atoms with Gasteiger partial charge in [-0.3, -0.25) is 0 Å². The van der Waals surface area contributed by atoms with Gasteiger partial charge in [0, 0.05) is 13.2 Å². The zero-order chi connectivity index (χ0) is 11.6. The third-order valence-electron chi connectivity index (χ3n) is 1.17. The normalized spacial score (nSPS) is 12.6. The number of aliphatic hydroxyl groups excluding tert-OH is 2. The van der Waals surface area contributed by atoms with Gasteiger partial charge in [-0.1, -0.05) is 27.7 Å². The van der Waals surface area contributed by atoms with Crippen LogP contribution in [0.15, 0.2) is 0 Å². The lowest BCUT2D eigenvalue weighted by Crippen LogP contribution is -2.06. The Bertz CT molecular complexity index is 92.7. The summed E-state index contributed by atoms with van der Waals surface area (Å²) in [5.74, 6) is 1.34. The molecule has 14 heavy (non-hydrogen) atoms. The van der Waals surface area contributed by atoms with E-state index >= 15 is 0 Å². The van der Waals surface area contributed by atoms with E-state index in [1.807, 2.05) is 0 Å². The molecule has 2 N–H and O–H groups in total. The molecule has 0 radical (unpaired) electrons. The van der Waals surface area contributed by atoms with E-state index in [2.05, 4.69) is 27.7 Å². The summed E-state index contributed by atoms with van der Waals surface area (Å²) in [6.45, 7) is 11.9. The quantitative estimate of drug-likeness (QED) is 0.719. The van der Waals surface area contributed by atoms with Gasteiger partial charge in [0.25, 0.3) is 0 Å². The fourth-order valence-electron chi connectivity index (χ4n) is 0.539. The highest BCUT2D eigenvalue weighted by Gasteiger charge is 1.95. The van der Waals surface area contributed by atoms with Crippen LogP contribution in [-0.4, -0.2) is 36.1 Å². The first-order valence-electron chi connectivity index (χ1n) is 5.26. The Morgan fingerprint density at radius 3 is 1.36 bits per heavy atom. The summed E-state index contributed by atoms with van der Waals surface area (Å²) in [6.07, 6.45) is -0.560. The van der Waals surface area contributed by atoms with Crippen LogP contribution in [0.4, 0.5) is 0 Å². The molecule has 1 atom stereocenters. The number of hydrogen-bond acceptors (Lipinski definition) is 3. The van der Waals surface area contributed by atoms with Crippen LogP contribution in [0.3, 0.4) is 0 Å². The highest BCUT2D eigenvalue weighted by atomic mass is 16.5. The van der Waals surface area contributed by atoms with E-state index in [-0.39, 0.29) is 6.61 Å². The van der Waals surface area contributed by atoms with Crippen molar-refractivity contribution in [1.29, 1.82) is 0 Å². The van der Waals surface area contributed by atoms with E-state index in [0.717, 1.165) is 13.2 Å². The van der Waals surface area contributed by atoms with Gasteiger partial charge in [-0.05, 0) is 18.8 Å². The SMILES string of the molecule is CC(C)COCC(C)C.CC(O)CO. The van der Waals surface area contributed by atoms with Gasteiger partial charge >= 0.3 is 0 Å². The molecule has 0 heterocycles. The summed E-state index contributed by atoms with van der Waals surface area (Å²) in [4.78, 5) is 0. The zero-order valence-corrected chi connectivity index (χ0v) is 10.2. The summed E-state index contributed by atoms with van der Waals surface area (Å²) < 4.78 is 5.36. The molecule has 0 aromatic heterocycles. The zero-order valence-electron chi connectivity index (χ0n) is 10.2. The van der Waals surface area contributed by atoms with Crippen LogP contribution < -0.4 is 0 Å². The molecule has 0 spiro atoms. The van der Waals surface area contributed by atoms with Gasteiger partial charge in [-0.15, -0.1) is 0 Å². The number of ether oxygens (including phenoxy) is 1. The Morgan fingerprint density at radius 2 is 1.21 bits per heavy atom. The fraction of sp³-hybridized carbons (Fsp3) is 1.00. The molecule has 0 rings (SSSR count). The summed E-state index contributed by atoms with van der Waals surface area (Å²) in [7, 11) is 0. The number of aliphatic hydroxyl groups is 2. The van der Waals surface area contributed by atoms with Crippen molar-refractivity contribution in [2.75, 3.05) is 19.8 Å². The van der Waals surface area contributed by atoms with Crippen LogP contribution in [-0.2, 0) is 4.74 Å². The molecular weight excluding hydrogens is 180 g/mol. The number of rotatable bonds is 5. The molecule has 0 bridgehead atoms. The largest absolute Gasteiger partial charge is 0.394 e. The third-order valence-corrected chi connectivity index (χ3v) is 1.17. The van der Waals surface area contributed by atoms with Crippen molar-refractivity contribution in [3.63, 3.8) is 0 Å². The van der Waals surface area contributed by atoms with Crippen LogP contribution >= 0.6 is 0 Å². The first kappa shape index (κ1) is 16.3. The van der Waals surface area contributed by atoms with Crippen molar-refractivity contribution in [2.45, 2.75) is 40.7 Å². The van der Waals surface area contributed by atoms with Gasteiger partial charge in [-0.2, -0.15) is 0 Å². The van der Waals surface area contributed by atoms with Crippen molar-refractivity contribution in [3.8, 4) is 0 Å². The topological polar surface area (TPSA) is 49.7 Å². The Hall–Kier alpha value is -0.120. The van der Waals surface area contributed by atoms with Gasteiger partial charge in [0.15, 0.2) is 0 Å². The lowest BCUT2D eigenvalue weighted by atomic mass is 10.2. The lowest BCUT2D eigenvalue weighted by molar-refractivity contribution is 0.0886. The van der Waals surface area contributed by atoms with Crippen molar-refractivity contribution in [3.05, 3.63) is 0 Å². The smallest absolute Gasteiger partial charge is 0.0742 e. The Labute approximate surface area is 88.1 Å². The molecular formula is C11H26O3. The van der Waals surface area contributed by atoms with Gasteiger partial charge in [0.2, 0.25) is 0 Å². The molecule has 3 heteroatoms. The molecule has 3 nitrogen and oxygen atoms in total. The highest BCUT2D eigenvalue weighted by Crippen LogP contribution is 1.96. The molecule has 0 aliphatic carbocycles. The van der Waals surface area contributed by atoms with E-state index < -0.39 is 6.10 Å². The minimum absolute atomic E-state index is 0.139. The average molecular weight is 206 g/mol. The van der Waals surface area contributed by atoms with Crippen molar-refractivity contribution in [2.24, 2.45) is 11.8 Å². The number of hydrogen-bond donors (Lipinski definition) is 2. The van der Waals surface area contributed by atoms with Gasteiger partial charge in [0.05, 0.1) is 12.7 Å². The van der Waals surface area contributed by atoms with Crippen LogP contribution in [0.25, 0.3) is 0 Å². The third kappa shape index (κ3) is 22.6. The van der Waals surface area contributed by atoms with Crippen molar-refractivity contribution < 1.29 is 14.9 Å². The summed E-state index contributed by atoms with van der Waals surface area (Å²) >= 11 is 0. The second kappa shape index (κ2) is 11.0. The van der Waals surface area contributed by atoms with E-state index in [9.17, 15) is 0 Å². The van der Waals surface area contributed by atoms with Crippen molar-refractivity contribution >= 4 is 0 Å². The van der Waals surface area contributed by atoms with E-state index in [0.29, 0.717) is 11.8 Å². The van der Waals surface area contributed by atoms with Crippen LogP contribution in [0.2, 0.25) is 0 Å². The first-order chi connectivity index (χ1) is 6.40. The predicted molar refractivity (Wildman–Crippen MR) is 59.3 cm³/mol. The second-order valence-electron chi connectivity index (χ2n) is 4.36. The van der Waals surface area contributed by atoms with E-state index in [4.69, 9.17) is 14.9 Å². The maximum atomic E-state index is 8.11. The highest BCUT2D eigenvalue weighted by molar-refractivity contribution is 4.42. The Kier molecular flexibility index (Phi) is 12.8. The predicted octanol–water partition coefficient (Wildman–Crippen LogP) is 1.67. The van der Waals surface area contributed by atoms with Crippen LogP contribution in [0.5, 0.6) is 0 Å². The molecule has 0 saturated heterocycles. The maximum absolute atomic E-state index is 8.11.